The highest BCUT2D eigenvalue weighted by Gasteiger charge is 2.06. The zero-order chi connectivity index (χ0) is 12.3. The molecule has 0 spiro atoms. The number of hydrogen-bond acceptors (Lipinski definition) is 2. The van der Waals surface area contributed by atoms with Crippen molar-refractivity contribution in [1.29, 1.82) is 0 Å². The summed E-state index contributed by atoms with van der Waals surface area (Å²) in [5, 5.41) is 0. The zero-order valence-corrected chi connectivity index (χ0v) is 10.1. The molecule has 1 aromatic carbocycles. The summed E-state index contributed by atoms with van der Waals surface area (Å²) in [7, 11) is 1.64. The van der Waals surface area contributed by atoms with Crippen LogP contribution in [-0.2, 0) is 13.1 Å². The van der Waals surface area contributed by atoms with Crippen LogP contribution < -0.4 is 10.4 Å². The number of ether oxygens (including phenoxy) is 1. The average Bonchev–Trinajstić information content (AvgIpc) is 2.71. The normalized spacial score (nSPS) is 10.5. The molecule has 4 nitrogen and oxygen atoms in total. The molecule has 0 saturated carbocycles. The number of hydrogen-bond donors (Lipinski definition) is 0. The Labute approximate surface area is 100 Å². The van der Waals surface area contributed by atoms with Gasteiger partial charge in [-0.25, -0.2) is 4.79 Å². The summed E-state index contributed by atoms with van der Waals surface area (Å²) in [6, 6.07) is 7.73. The molecule has 0 N–H and O–H groups in total. The number of aromatic nitrogens is 2. The van der Waals surface area contributed by atoms with Gasteiger partial charge in [-0.2, -0.15) is 0 Å². The minimum atomic E-state index is 0.0124. The van der Waals surface area contributed by atoms with Crippen LogP contribution in [0.1, 0.15) is 12.5 Å². The molecule has 1 aromatic heterocycles. The van der Waals surface area contributed by atoms with Crippen molar-refractivity contribution in [3.05, 3.63) is 52.7 Å². The molecule has 4 heteroatoms. The molecule has 0 atom stereocenters. The van der Waals surface area contributed by atoms with Gasteiger partial charge in [-0.05, 0) is 13.0 Å². The maximum absolute atomic E-state index is 11.9. The number of rotatable bonds is 4. The Kier molecular flexibility index (Phi) is 3.32. The summed E-state index contributed by atoms with van der Waals surface area (Å²) < 4.78 is 8.63. The number of methoxy groups -OCH3 is 1. The van der Waals surface area contributed by atoms with Crippen LogP contribution in [0, 0.1) is 0 Å². The lowest BCUT2D eigenvalue weighted by molar-refractivity contribution is 0.408. The highest BCUT2D eigenvalue weighted by atomic mass is 16.5. The Morgan fingerprint density at radius 2 is 1.88 bits per heavy atom. The lowest BCUT2D eigenvalue weighted by Crippen LogP contribution is -2.23. The standard InChI is InChI=1S/C13H16N2O2/c1-3-14-8-9-15(13(14)16)10-11-6-4-5-7-12(11)17-2/h4-9H,3,10H2,1-2H3. The van der Waals surface area contributed by atoms with Crippen molar-refractivity contribution in [2.24, 2.45) is 0 Å². The second kappa shape index (κ2) is 4.91. The second-order valence-corrected chi connectivity index (χ2v) is 3.81. The van der Waals surface area contributed by atoms with Crippen molar-refractivity contribution >= 4 is 0 Å². The summed E-state index contributed by atoms with van der Waals surface area (Å²) in [6.45, 7) is 3.18. The first kappa shape index (κ1) is 11.5. The van der Waals surface area contributed by atoms with E-state index in [1.54, 1.807) is 28.6 Å². The van der Waals surface area contributed by atoms with E-state index >= 15 is 0 Å². The van der Waals surface area contributed by atoms with Gasteiger partial charge in [0.2, 0.25) is 0 Å². The quantitative estimate of drug-likeness (QED) is 0.804. The summed E-state index contributed by atoms with van der Waals surface area (Å²) in [4.78, 5) is 11.9. The van der Waals surface area contributed by atoms with E-state index in [2.05, 4.69) is 0 Å². The first-order valence-electron chi connectivity index (χ1n) is 5.63. The van der Waals surface area contributed by atoms with Gasteiger partial charge in [-0.3, -0.25) is 9.13 Å². The van der Waals surface area contributed by atoms with Gasteiger partial charge in [-0.1, -0.05) is 18.2 Å². The minimum absolute atomic E-state index is 0.0124. The van der Waals surface area contributed by atoms with E-state index in [0.29, 0.717) is 13.1 Å². The highest BCUT2D eigenvalue weighted by molar-refractivity contribution is 5.33. The molecule has 0 aliphatic rings. The highest BCUT2D eigenvalue weighted by Crippen LogP contribution is 2.17. The van der Waals surface area contributed by atoms with Crippen LogP contribution in [0.4, 0.5) is 0 Å². The van der Waals surface area contributed by atoms with Gasteiger partial charge in [0.25, 0.3) is 0 Å². The lowest BCUT2D eigenvalue weighted by Gasteiger charge is -2.07. The summed E-state index contributed by atoms with van der Waals surface area (Å²) >= 11 is 0. The predicted octanol–water partition coefficient (Wildman–Crippen LogP) is 1.73. The Balaban J connectivity index is 2.31. The smallest absolute Gasteiger partial charge is 0.328 e. The number of aryl methyl sites for hydroxylation is 1. The van der Waals surface area contributed by atoms with Crippen LogP contribution >= 0.6 is 0 Å². The van der Waals surface area contributed by atoms with Gasteiger partial charge >= 0.3 is 5.69 Å². The third kappa shape index (κ3) is 2.25. The van der Waals surface area contributed by atoms with Gasteiger partial charge in [0.05, 0.1) is 13.7 Å². The third-order valence-electron chi connectivity index (χ3n) is 2.79. The third-order valence-corrected chi connectivity index (χ3v) is 2.79. The second-order valence-electron chi connectivity index (χ2n) is 3.81. The molecule has 0 aliphatic carbocycles. The van der Waals surface area contributed by atoms with E-state index in [0.717, 1.165) is 11.3 Å². The fourth-order valence-corrected chi connectivity index (χ4v) is 1.83. The SMILES string of the molecule is CCn1ccn(Cc2ccccc2OC)c1=O. The molecular weight excluding hydrogens is 216 g/mol. The number of nitrogens with zero attached hydrogens (tertiary/aromatic N) is 2. The van der Waals surface area contributed by atoms with Crippen LogP contribution in [0.15, 0.2) is 41.5 Å². The Hall–Kier alpha value is -1.97. The Morgan fingerprint density at radius 3 is 2.53 bits per heavy atom. The van der Waals surface area contributed by atoms with Gasteiger partial charge < -0.3 is 4.74 Å². The van der Waals surface area contributed by atoms with Crippen molar-refractivity contribution in [2.75, 3.05) is 7.11 Å². The maximum Gasteiger partial charge on any atom is 0.328 e. The first-order chi connectivity index (χ1) is 8.26. The largest absolute Gasteiger partial charge is 0.496 e. The molecule has 0 bridgehead atoms. The van der Waals surface area contributed by atoms with Crippen molar-refractivity contribution in [1.82, 2.24) is 9.13 Å². The number of benzene rings is 1. The van der Waals surface area contributed by atoms with Crippen LogP contribution in [-0.4, -0.2) is 16.2 Å². The molecule has 0 unspecified atom stereocenters. The molecule has 17 heavy (non-hydrogen) atoms. The molecule has 0 fully saturated rings. The van der Waals surface area contributed by atoms with Crippen molar-refractivity contribution in [3.63, 3.8) is 0 Å². The molecule has 0 amide bonds. The van der Waals surface area contributed by atoms with Crippen LogP contribution in [0.2, 0.25) is 0 Å². The van der Waals surface area contributed by atoms with Crippen LogP contribution in [0.5, 0.6) is 5.75 Å². The topological polar surface area (TPSA) is 36.2 Å². The van der Waals surface area contributed by atoms with Crippen LogP contribution in [0.3, 0.4) is 0 Å². The Bertz CT molecular complexity index is 555. The van der Waals surface area contributed by atoms with Gasteiger partial charge in [-0.15, -0.1) is 0 Å². The molecule has 0 radical (unpaired) electrons. The van der Waals surface area contributed by atoms with Gasteiger partial charge in [0, 0.05) is 24.5 Å². The van der Waals surface area contributed by atoms with E-state index in [1.165, 1.54) is 0 Å². The predicted molar refractivity (Wildman–Crippen MR) is 66.5 cm³/mol. The monoisotopic (exact) mass is 232 g/mol. The number of para-hydroxylation sites is 1. The number of imidazole rings is 1. The van der Waals surface area contributed by atoms with Gasteiger partial charge in [0.1, 0.15) is 5.75 Å². The fourth-order valence-electron chi connectivity index (χ4n) is 1.83. The van der Waals surface area contributed by atoms with E-state index in [9.17, 15) is 4.79 Å². The Morgan fingerprint density at radius 1 is 1.18 bits per heavy atom. The van der Waals surface area contributed by atoms with E-state index in [4.69, 9.17) is 4.74 Å². The molecular formula is C13H16N2O2. The first-order valence-corrected chi connectivity index (χ1v) is 5.63. The van der Waals surface area contributed by atoms with E-state index < -0.39 is 0 Å². The van der Waals surface area contributed by atoms with Crippen LogP contribution in [0.25, 0.3) is 0 Å². The minimum Gasteiger partial charge on any atom is -0.496 e. The maximum atomic E-state index is 11.9. The summed E-state index contributed by atoms with van der Waals surface area (Å²) in [5.74, 6) is 0.809. The summed E-state index contributed by atoms with van der Waals surface area (Å²) in [5.41, 5.74) is 1.02. The van der Waals surface area contributed by atoms with Gasteiger partial charge in [0.15, 0.2) is 0 Å². The van der Waals surface area contributed by atoms with Crippen molar-refractivity contribution < 1.29 is 4.74 Å². The average molecular weight is 232 g/mol. The molecule has 2 aromatic rings. The lowest BCUT2D eigenvalue weighted by atomic mass is 10.2. The molecule has 90 valence electrons. The van der Waals surface area contributed by atoms with Crippen molar-refractivity contribution in [3.8, 4) is 5.75 Å². The molecule has 2 rings (SSSR count). The zero-order valence-electron chi connectivity index (χ0n) is 10.1. The van der Waals surface area contributed by atoms with Crippen molar-refractivity contribution in [2.45, 2.75) is 20.0 Å². The molecule has 0 saturated heterocycles. The van der Waals surface area contributed by atoms with E-state index in [1.807, 2.05) is 31.2 Å². The fraction of sp³-hybridized carbons (Fsp3) is 0.308. The summed E-state index contributed by atoms with van der Waals surface area (Å²) in [6.07, 6.45) is 3.61. The molecule has 0 aliphatic heterocycles. The molecule has 1 heterocycles. The van der Waals surface area contributed by atoms with E-state index in [-0.39, 0.29) is 5.69 Å².